The summed E-state index contributed by atoms with van der Waals surface area (Å²) in [5.41, 5.74) is 0. The summed E-state index contributed by atoms with van der Waals surface area (Å²) in [5.74, 6) is -0.0502. The molecule has 0 fully saturated rings. The van der Waals surface area contributed by atoms with Gasteiger partial charge in [0, 0.05) is 0 Å². The molecule has 17 heavy (non-hydrogen) atoms. The molecule has 5 heteroatoms. The molecule has 0 aromatic rings. The van der Waals surface area contributed by atoms with Crippen LogP contribution in [0.1, 0.15) is 6.92 Å². The third kappa shape index (κ3) is 25.1. The number of hydrogen-bond acceptors (Lipinski definition) is 4. The Morgan fingerprint density at radius 2 is 1.53 bits per heavy atom. The fourth-order valence-electron chi connectivity index (χ4n) is 0.475. The summed E-state index contributed by atoms with van der Waals surface area (Å²) >= 11 is 3.64. The minimum absolute atomic E-state index is 0.0502. The van der Waals surface area contributed by atoms with Crippen molar-refractivity contribution in [3.8, 4) is 0 Å². The maximum Gasteiger partial charge on any atom is 0.281 e. The predicted octanol–water partition coefficient (Wildman–Crippen LogP) is 1.02. The molecular formula is C12H11FeO4. The zero-order valence-corrected chi connectivity index (χ0v) is 10.3. The van der Waals surface area contributed by atoms with Crippen molar-refractivity contribution in [3.05, 3.63) is 37.0 Å². The van der Waals surface area contributed by atoms with Gasteiger partial charge in [-0.15, -0.1) is 0 Å². The van der Waals surface area contributed by atoms with E-state index >= 15 is 0 Å². The van der Waals surface area contributed by atoms with Crippen LogP contribution in [-0.4, -0.2) is 26.2 Å². The van der Waals surface area contributed by atoms with Crippen LogP contribution in [0.15, 0.2) is 37.0 Å². The Morgan fingerprint density at radius 1 is 1.12 bits per heavy atom. The topological polar surface area (TPSA) is 68.3 Å². The summed E-state index contributed by atoms with van der Waals surface area (Å²) in [6.07, 6.45) is 8.58. The van der Waals surface area contributed by atoms with Crippen molar-refractivity contribution in [1.82, 2.24) is 0 Å². The molecular weight excluding hydrogens is 264 g/mol. The molecule has 0 aliphatic carbocycles. The molecule has 0 saturated heterocycles. The normalized spacial score (nSPS) is 9.76. The van der Waals surface area contributed by atoms with Crippen LogP contribution >= 0.6 is 0 Å². The van der Waals surface area contributed by atoms with E-state index in [1.165, 1.54) is 6.08 Å². The summed E-state index contributed by atoms with van der Waals surface area (Å²) in [6, 6.07) is 0. The first-order chi connectivity index (χ1) is 8.22. The van der Waals surface area contributed by atoms with Gasteiger partial charge >= 0.3 is 75.3 Å². The van der Waals surface area contributed by atoms with Gasteiger partial charge in [0.2, 0.25) is 0 Å². The minimum atomic E-state index is -0.302. The van der Waals surface area contributed by atoms with Crippen molar-refractivity contribution in [3.63, 3.8) is 0 Å². The van der Waals surface area contributed by atoms with E-state index in [2.05, 4.69) is 43.0 Å². The molecule has 4 nitrogen and oxygen atoms in total. The second kappa shape index (κ2) is 29.3. The van der Waals surface area contributed by atoms with Gasteiger partial charge in [0.25, 0.3) is 20.4 Å². The van der Waals surface area contributed by atoms with E-state index in [-0.39, 0.29) is 10.6 Å². The number of rotatable bonds is 4. The first-order valence-electron chi connectivity index (χ1n) is 3.92. The zero-order valence-electron chi connectivity index (χ0n) is 9.16. The van der Waals surface area contributed by atoms with Gasteiger partial charge in [-0.2, -0.15) is 0 Å². The Hall–Kier alpha value is -1.58. The van der Waals surface area contributed by atoms with E-state index in [9.17, 15) is 4.79 Å². The van der Waals surface area contributed by atoms with Gasteiger partial charge in [0.05, 0.1) is 0 Å². The number of carbonyl (C=O) groups is 1. The Labute approximate surface area is 110 Å². The van der Waals surface area contributed by atoms with E-state index in [1.807, 2.05) is 19.1 Å². The number of ketones is 1. The van der Waals surface area contributed by atoms with Crippen molar-refractivity contribution in [2.24, 2.45) is 0 Å². The summed E-state index contributed by atoms with van der Waals surface area (Å²) in [5, 5.41) is 0. The Morgan fingerprint density at radius 3 is 1.82 bits per heavy atom. The summed E-state index contributed by atoms with van der Waals surface area (Å²) in [6.45, 7) is 18.8. The standard InChI is InChI=1S/C9H11O.3CO.Fe/c1-3-5-6-7-8-9(10)4-2;3*1-2;/h3-8H,2H2,1H3;;;;. The van der Waals surface area contributed by atoms with E-state index in [4.69, 9.17) is 14.4 Å². The maximum atomic E-state index is 10.9. The van der Waals surface area contributed by atoms with Crippen LogP contribution in [-0.2, 0) is 35.2 Å². The molecule has 91 valence electrons. The second-order valence-corrected chi connectivity index (χ2v) is 2.59. The van der Waals surface area contributed by atoms with Crippen molar-refractivity contribution < 1.29 is 35.2 Å². The van der Waals surface area contributed by atoms with Crippen LogP contribution in [0.5, 0.6) is 0 Å². The van der Waals surface area contributed by atoms with Gasteiger partial charge in [-0.1, -0.05) is 0 Å². The van der Waals surface area contributed by atoms with Crippen LogP contribution in [0, 0.1) is 0 Å². The summed E-state index contributed by atoms with van der Waals surface area (Å²) in [7, 11) is 0. The number of allylic oxidation sites excluding steroid dienone is 5. The molecule has 1 unspecified atom stereocenters. The van der Waals surface area contributed by atoms with Crippen molar-refractivity contribution >= 4 is 26.2 Å². The molecule has 6 radical (unpaired) electrons. The van der Waals surface area contributed by atoms with E-state index in [0.29, 0.717) is 0 Å². The van der Waals surface area contributed by atoms with Crippen LogP contribution in [0.25, 0.3) is 0 Å². The van der Waals surface area contributed by atoms with Crippen LogP contribution in [0.4, 0.5) is 0 Å². The van der Waals surface area contributed by atoms with Gasteiger partial charge in [0.15, 0.2) is 0 Å². The average molecular weight is 275 g/mol. The smallest absolute Gasteiger partial charge is 0.281 e. The van der Waals surface area contributed by atoms with Gasteiger partial charge in [0.1, 0.15) is 0 Å². The van der Waals surface area contributed by atoms with Gasteiger partial charge in [-0.25, -0.2) is 0 Å². The molecule has 0 amide bonds. The van der Waals surface area contributed by atoms with Crippen LogP contribution in [0.2, 0.25) is 4.82 Å². The predicted molar refractivity (Wildman–Crippen MR) is 60.0 cm³/mol. The molecule has 0 aromatic carbocycles. The zero-order chi connectivity index (χ0) is 14.7. The molecule has 0 saturated carbocycles. The Balaban J connectivity index is -0.000000121. The third-order valence-corrected chi connectivity index (χ3v) is 1.57. The molecule has 1 atom stereocenters. The first kappa shape index (κ1) is 24.6. The SMILES string of the molecule is C=CC(=O)[CH]([Fe])C=CC=CC.[C]=O.[C]=O.[C]=O. The second-order valence-electron chi connectivity index (χ2n) is 1.90. The number of hydrogen-bond donors (Lipinski definition) is 0. The minimum Gasteiger partial charge on any atom is -0.281 e. The van der Waals surface area contributed by atoms with Gasteiger partial charge < -0.3 is 0 Å². The Bertz CT molecular complexity index is 232. The van der Waals surface area contributed by atoms with Crippen molar-refractivity contribution in [2.75, 3.05) is 0 Å². The summed E-state index contributed by atoms with van der Waals surface area (Å²) in [4.78, 5) is 33.0. The van der Waals surface area contributed by atoms with Crippen LogP contribution < -0.4 is 0 Å². The molecule has 0 aromatic heterocycles. The third-order valence-electron chi connectivity index (χ3n) is 1.04. The fourth-order valence-corrected chi connectivity index (χ4v) is 0.727. The van der Waals surface area contributed by atoms with Gasteiger partial charge in [-0.3, -0.25) is 14.4 Å². The molecule has 0 N–H and O–H groups in total. The summed E-state index contributed by atoms with van der Waals surface area (Å²) < 4.78 is 0. The van der Waals surface area contributed by atoms with E-state index < -0.39 is 0 Å². The first-order valence-corrected chi connectivity index (χ1v) is 4.55. The molecule has 0 bridgehead atoms. The molecule has 0 heterocycles. The van der Waals surface area contributed by atoms with Crippen LogP contribution in [0.3, 0.4) is 0 Å². The number of carbonyl (C=O) groups excluding carboxylic acids is 4. The molecule has 0 aliphatic heterocycles. The van der Waals surface area contributed by atoms with E-state index in [0.717, 1.165) is 0 Å². The van der Waals surface area contributed by atoms with Crippen molar-refractivity contribution in [2.45, 2.75) is 11.7 Å². The quantitative estimate of drug-likeness (QED) is 0.436. The van der Waals surface area contributed by atoms with Gasteiger partial charge in [-0.05, 0) is 0 Å². The monoisotopic (exact) mass is 275 g/mol. The molecule has 0 spiro atoms. The van der Waals surface area contributed by atoms with E-state index in [1.54, 1.807) is 12.2 Å². The van der Waals surface area contributed by atoms with Crippen molar-refractivity contribution in [1.29, 1.82) is 0 Å². The molecule has 0 rings (SSSR count). The maximum absolute atomic E-state index is 10.9. The average Bonchev–Trinajstić information content (AvgIpc) is 2.44. The largest absolute Gasteiger partial charge is 0.281 e. The fraction of sp³-hybridized carbons (Fsp3) is 0.167. The Kier molecular flexibility index (Phi) is 42.3. The molecule has 0 aliphatic rings.